The van der Waals surface area contributed by atoms with Crippen LogP contribution in [0, 0.1) is 0 Å². The average Bonchev–Trinajstić information content (AvgIpc) is 2.90. The van der Waals surface area contributed by atoms with Gasteiger partial charge < -0.3 is 24.3 Å². The van der Waals surface area contributed by atoms with Crippen molar-refractivity contribution in [1.29, 1.82) is 0 Å². The van der Waals surface area contributed by atoms with Gasteiger partial charge in [0.15, 0.2) is 0 Å². The van der Waals surface area contributed by atoms with Gasteiger partial charge in [0.1, 0.15) is 5.75 Å². The van der Waals surface area contributed by atoms with E-state index in [1.165, 1.54) is 6.08 Å². The summed E-state index contributed by atoms with van der Waals surface area (Å²) in [6.07, 6.45) is 2.69. The van der Waals surface area contributed by atoms with Crippen LogP contribution in [-0.2, 0) is 32.2 Å². The lowest BCUT2D eigenvalue weighted by Crippen LogP contribution is -2.38. The molecule has 0 aliphatic heterocycles. The number of nitrogens with one attached hydrogen (secondary N) is 1. The molecule has 0 unspecified atom stereocenters. The predicted octanol–water partition coefficient (Wildman–Crippen LogP) is 5.40. The van der Waals surface area contributed by atoms with Gasteiger partial charge in [-0.25, -0.2) is 4.79 Å². The third-order valence-corrected chi connectivity index (χ3v) is 5.24. The number of esters is 1. The number of carbonyl (C=O) groups excluding carboxylic acids is 1. The molecular weight excluding hydrogens is 442 g/mol. The highest BCUT2D eigenvalue weighted by Crippen LogP contribution is 2.19. The van der Waals surface area contributed by atoms with Gasteiger partial charge in [0.25, 0.3) is 0 Å². The number of rotatable bonds is 14. The van der Waals surface area contributed by atoms with E-state index in [4.69, 9.17) is 18.9 Å². The third-order valence-electron chi connectivity index (χ3n) is 5.24. The van der Waals surface area contributed by atoms with Crippen LogP contribution < -0.4 is 10.1 Å². The molecule has 1 N–H and O–H groups in total. The Kier molecular flexibility index (Phi) is 10.9. The molecule has 0 amide bonds. The van der Waals surface area contributed by atoms with Crippen LogP contribution in [0.4, 0.5) is 5.69 Å². The molecule has 6 nitrogen and oxygen atoms in total. The van der Waals surface area contributed by atoms with Crippen molar-refractivity contribution in [3.63, 3.8) is 0 Å². The van der Waals surface area contributed by atoms with E-state index in [0.29, 0.717) is 26.4 Å². The second-order valence-corrected chi connectivity index (χ2v) is 7.85. The first kappa shape index (κ1) is 26.0. The smallest absolute Gasteiger partial charge is 0.330 e. The van der Waals surface area contributed by atoms with Gasteiger partial charge in [0.2, 0.25) is 0 Å². The van der Waals surface area contributed by atoms with Crippen LogP contribution in [0.3, 0.4) is 0 Å². The fraction of sp³-hybridized carbons (Fsp3) is 0.276. The maximum atomic E-state index is 12.0. The predicted molar refractivity (Wildman–Crippen MR) is 137 cm³/mol. The van der Waals surface area contributed by atoms with E-state index in [9.17, 15) is 4.79 Å². The summed E-state index contributed by atoms with van der Waals surface area (Å²) in [6, 6.07) is 27.3. The molecule has 3 aromatic carbocycles. The van der Waals surface area contributed by atoms with E-state index in [1.54, 1.807) is 20.1 Å². The summed E-state index contributed by atoms with van der Waals surface area (Å²) < 4.78 is 22.7. The monoisotopic (exact) mass is 475 g/mol. The normalized spacial score (nSPS) is 12.7. The van der Waals surface area contributed by atoms with Crippen molar-refractivity contribution in [3.05, 3.63) is 108 Å². The van der Waals surface area contributed by atoms with Gasteiger partial charge in [-0.2, -0.15) is 0 Å². The lowest BCUT2D eigenvalue weighted by molar-refractivity contribution is -0.137. The summed E-state index contributed by atoms with van der Waals surface area (Å²) in [6.45, 7) is 3.30. The second-order valence-electron chi connectivity index (χ2n) is 7.85. The molecule has 0 saturated heterocycles. The molecule has 0 saturated carbocycles. The van der Waals surface area contributed by atoms with Crippen molar-refractivity contribution >= 4 is 11.7 Å². The number of hydrogen-bond acceptors (Lipinski definition) is 6. The van der Waals surface area contributed by atoms with Crippen LogP contribution in [0.2, 0.25) is 0 Å². The van der Waals surface area contributed by atoms with Gasteiger partial charge in [0, 0.05) is 11.8 Å². The van der Waals surface area contributed by atoms with Crippen molar-refractivity contribution in [2.75, 3.05) is 25.6 Å². The van der Waals surface area contributed by atoms with E-state index < -0.39 is 12.1 Å². The van der Waals surface area contributed by atoms with Crippen LogP contribution in [-0.4, -0.2) is 38.4 Å². The first-order valence-corrected chi connectivity index (χ1v) is 11.7. The SMILES string of the molecule is CCOC(=O)/C=C/[C@@H](OCc1ccccc1)[C@@H](COCc1ccccc1)Nc1ccc(OC)cc1. The van der Waals surface area contributed by atoms with E-state index >= 15 is 0 Å². The fourth-order valence-corrected chi connectivity index (χ4v) is 3.43. The highest BCUT2D eigenvalue weighted by Gasteiger charge is 2.21. The second kappa shape index (κ2) is 14.6. The van der Waals surface area contributed by atoms with Crippen molar-refractivity contribution in [2.45, 2.75) is 32.3 Å². The van der Waals surface area contributed by atoms with Crippen LogP contribution in [0.5, 0.6) is 5.75 Å². The largest absolute Gasteiger partial charge is 0.497 e. The summed E-state index contributed by atoms with van der Waals surface area (Å²) in [7, 11) is 1.64. The van der Waals surface area contributed by atoms with Gasteiger partial charge in [-0.05, 0) is 48.4 Å². The van der Waals surface area contributed by atoms with Crippen molar-refractivity contribution in [2.24, 2.45) is 0 Å². The zero-order valence-electron chi connectivity index (χ0n) is 20.3. The molecule has 0 spiro atoms. The Bertz CT molecular complexity index is 1020. The minimum absolute atomic E-state index is 0.276. The van der Waals surface area contributed by atoms with E-state index in [0.717, 1.165) is 22.6 Å². The zero-order chi connectivity index (χ0) is 24.7. The highest BCUT2D eigenvalue weighted by atomic mass is 16.5. The maximum absolute atomic E-state index is 12.0. The van der Waals surface area contributed by atoms with E-state index in [1.807, 2.05) is 84.9 Å². The number of benzene rings is 3. The average molecular weight is 476 g/mol. The van der Waals surface area contributed by atoms with Crippen molar-refractivity contribution in [1.82, 2.24) is 0 Å². The Hall–Kier alpha value is -3.61. The number of carbonyl (C=O) groups is 1. The van der Waals surface area contributed by atoms with Crippen molar-refractivity contribution in [3.8, 4) is 5.75 Å². The minimum atomic E-state index is -0.461. The summed E-state index contributed by atoms with van der Waals surface area (Å²) in [5.41, 5.74) is 3.01. The summed E-state index contributed by atoms with van der Waals surface area (Å²) >= 11 is 0. The first-order chi connectivity index (χ1) is 17.2. The fourth-order valence-electron chi connectivity index (χ4n) is 3.43. The number of anilines is 1. The van der Waals surface area contributed by atoms with E-state index in [2.05, 4.69) is 5.32 Å². The molecule has 184 valence electrons. The van der Waals surface area contributed by atoms with Gasteiger partial charge in [-0.3, -0.25) is 0 Å². The Balaban J connectivity index is 1.78. The molecule has 2 atom stereocenters. The molecule has 0 radical (unpaired) electrons. The van der Waals surface area contributed by atoms with Crippen molar-refractivity contribution < 1.29 is 23.7 Å². The first-order valence-electron chi connectivity index (χ1n) is 11.7. The third kappa shape index (κ3) is 9.27. The topological polar surface area (TPSA) is 66.0 Å². The molecule has 6 heteroatoms. The summed E-state index contributed by atoms with van der Waals surface area (Å²) in [4.78, 5) is 12.0. The Morgan fingerprint density at radius 1 is 0.886 bits per heavy atom. The highest BCUT2D eigenvalue weighted by molar-refractivity contribution is 5.82. The number of hydrogen-bond donors (Lipinski definition) is 1. The van der Waals surface area contributed by atoms with Crippen LogP contribution >= 0.6 is 0 Å². The molecule has 0 aromatic heterocycles. The quantitative estimate of drug-likeness (QED) is 0.249. The molecule has 0 aliphatic rings. The molecule has 3 rings (SSSR count). The molecule has 35 heavy (non-hydrogen) atoms. The summed E-state index contributed by atoms with van der Waals surface area (Å²) in [5.74, 6) is 0.362. The summed E-state index contributed by atoms with van der Waals surface area (Å²) in [5, 5.41) is 3.50. The van der Waals surface area contributed by atoms with Gasteiger partial charge >= 0.3 is 5.97 Å². The molecule has 0 aliphatic carbocycles. The number of methoxy groups -OCH3 is 1. The molecule has 0 heterocycles. The molecular formula is C29H33NO5. The van der Waals surface area contributed by atoms with Crippen LogP contribution in [0.1, 0.15) is 18.1 Å². The van der Waals surface area contributed by atoms with Crippen LogP contribution in [0.15, 0.2) is 97.1 Å². The lowest BCUT2D eigenvalue weighted by atomic mass is 10.1. The van der Waals surface area contributed by atoms with Gasteiger partial charge in [-0.15, -0.1) is 0 Å². The maximum Gasteiger partial charge on any atom is 0.330 e. The minimum Gasteiger partial charge on any atom is -0.497 e. The van der Waals surface area contributed by atoms with Crippen LogP contribution in [0.25, 0.3) is 0 Å². The molecule has 3 aromatic rings. The zero-order valence-corrected chi connectivity index (χ0v) is 20.3. The van der Waals surface area contributed by atoms with Gasteiger partial charge in [0.05, 0.1) is 45.7 Å². The molecule has 0 fully saturated rings. The Morgan fingerprint density at radius 2 is 1.51 bits per heavy atom. The number of ether oxygens (including phenoxy) is 4. The van der Waals surface area contributed by atoms with E-state index in [-0.39, 0.29) is 6.04 Å². The lowest BCUT2D eigenvalue weighted by Gasteiger charge is -2.27. The standard InChI is InChI=1S/C29H33NO5/c1-3-34-29(31)19-18-28(35-21-24-12-8-5-9-13-24)27(22-33-20-23-10-6-4-7-11-23)30-25-14-16-26(32-2)17-15-25/h4-19,27-28,30H,3,20-22H2,1-2H3/b19-18+/t27-,28-/m1/s1. The van der Waals surface area contributed by atoms with Gasteiger partial charge in [-0.1, -0.05) is 60.7 Å². The Morgan fingerprint density at radius 3 is 2.11 bits per heavy atom. The Labute approximate surface area is 207 Å². The molecule has 0 bridgehead atoms.